The molecule has 3 rings (SSSR count). The van der Waals surface area contributed by atoms with Crippen molar-refractivity contribution in [2.75, 3.05) is 5.32 Å². The SMILES string of the molecule is Cc1cc(C(=O)O)c2sc(NC(=O)OCc3ccccc3)nc2n1. The van der Waals surface area contributed by atoms with Crippen LogP contribution >= 0.6 is 11.3 Å². The quantitative estimate of drug-likeness (QED) is 0.752. The number of carboxylic acids is 1. The van der Waals surface area contributed by atoms with E-state index in [2.05, 4.69) is 15.3 Å². The number of benzene rings is 1. The Kier molecular flexibility index (Phi) is 4.39. The summed E-state index contributed by atoms with van der Waals surface area (Å²) in [6, 6.07) is 10.7. The molecule has 8 heteroatoms. The summed E-state index contributed by atoms with van der Waals surface area (Å²) in [5.74, 6) is -1.06. The minimum atomic E-state index is -1.06. The number of nitrogens with zero attached hydrogens (tertiary/aromatic N) is 2. The highest BCUT2D eigenvalue weighted by atomic mass is 32.1. The molecule has 0 atom stereocenters. The van der Waals surface area contributed by atoms with Crippen molar-refractivity contribution in [3.05, 3.63) is 53.2 Å². The smallest absolute Gasteiger partial charge is 0.413 e. The van der Waals surface area contributed by atoms with Crippen LogP contribution < -0.4 is 5.32 Å². The topological polar surface area (TPSA) is 101 Å². The number of nitrogens with one attached hydrogen (secondary N) is 1. The zero-order chi connectivity index (χ0) is 17.1. The van der Waals surface area contributed by atoms with Crippen LogP contribution in [0, 0.1) is 6.92 Å². The second-order valence-electron chi connectivity index (χ2n) is 4.97. The Hall–Kier alpha value is -3.00. The average Bonchev–Trinajstić information content (AvgIpc) is 2.94. The van der Waals surface area contributed by atoms with E-state index in [4.69, 9.17) is 4.74 Å². The molecule has 0 bridgehead atoms. The van der Waals surface area contributed by atoms with E-state index in [1.165, 1.54) is 6.07 Å². The van der Waals surface area contributed by atoms with Crippen molar-refractivity contribution >= 4 is 38.9 Å². The van der Waals surface area contributed by atoms with E-state index >= 15 is 0 Å². The van der Waals surface area contributed by atoms with Crippen LogP contribution in [-0.4, -0.2) is 27.1 Å². The molecule has 0 fully saturated rings. The van der Waals surface area contributed by atoms with Crippen LogP contribution in [0.3, 0.4) is 0 Å². The second kappa shape index (κ2) is 6.63. The summed E-state index contributed by atoms with van der Waals surface area (Å²) < 4.78 is 5.52. The maximum atomic E-state index is 11.8. The van der Waals surface area contributed by atoms with Crippen LogP contribution in [0.25, 0.3) is 10.3 Å². The number of fused-ring (bicyclic) bond motifs is 1. The molecule has 2 aromatic heterocycles. The Balaban J connectivity index is 1.74. The van der Waals surface area contributed by atoms with Crippen LogP contribution in [0.5, 0.6) is 0 Å². The van der Waals surface area contributed by atoms with Gasteiger partial charge in [0.15, 0.2) is 10.8 Å². The van der Waals surface area contributed by atoms with Crippen molar-refractivity contribution in [1.82, 2.24) is 9.97 Å². The Labute approximate surface area is 140 Å². The minimum Gasteiger partial charge on any atom is -0.478 e. The number of amides is 1. The zero-order valence-corrected chi connectivity index (χ0v) is 13.5. The Bertz CT molecular complexity index is 908. The van der Waals surface area contributed by atoms with Crippen molar-refractivity contribution in [3.63, 3.8) is 0 Å². The Morgan fingerprint density at radius 3 is 2.71 bits per heavy atom. The van der Waals surface area contributed by atoms with Crippen LogP contribution in [0.15, 0.2) is 36.4 Å². The molecule has 1 amide bonds. The number of hydrogen-bond donors (Lipinski definition) is 2. The highest BCUT2D eigenvalue weighted by molar-refractivity contribution is 7.22. The van der Waals surface area contributed by atoms with E-state index in [9.17, 15) is 14.7 Å². The first-order chi connectivity index (χ1) is 11.5. The maximum absolute atomic E-state index is 11.8. The van der Waals surface area contributed by atoms with E-state index in [-0.39, 0.29) is 22.9 Å². The van der Waals surface area contributed by atoms with E-state index in [0.717, 1.165) is 16.9 Å². The number of pyridine rings is 1. The van der Waals surface area contributed by atoms with Crippen molar-refractivity contribution in [1.29, 1.82) is 0 Å². The molecule has 3 aromatic rings. The first kappa shape index (κ1) is 15.9. The summed E-state index contributed by atoms with van der Waals surface area (Å²) >= 11 is 1.04. The number of carbonyl (C=O) groups excluding carboxylic acids is 1. The number of hydrogen-bond acceptors (Lipinski definition) is 6. The summed E-state index contributed by atoms with van der Waals surface area (Å²) in [7, 11) is 0. The standard InChI is InChI=1S/C16H13N3O4S/c1-9-7-11(14(20)21)12-13(17-9)18-15(24-12)19-16(22)23-8-10-5-3-2-4-6-10/h2-7H,8H2,1H3,(H,20,21)(H,17,18,19,22). The number of aromatic nitrogens is 2. The number of anilines is 1. The first-order valence-electron chi connectivity index (χ1n) is 7.02. The lowest BCUT2D eigenvalue weighted by Gasteiger charge is -2.04. The van der Waals surface area contributed by atoms with Gasteiger partial charge in [-0.15, -0.1) is 0 Å². The van der Waals surface area contributed by atoms with Gasteiger partial charge in [-0.1, -0.05) is 41.7 Å². The van der Waals surface area contributed by atoms with Gasteiger partial charge in [-0.25, -0.2) is 14.6 Å². The number of carbonyl (C=O) groups is 2. The third kappa shape index (κ3) is 3.49. The van der Waals surface area contributed by atoms with Crippen molar-refractivity contribution in [2.24, 2.45) is 0 Å². The summed E-state index contributed by atoms with van der Waals surface area (Å²) in [5.41, 5.74) is 1.81. The van der Waals surface area contributed by atoms with Gasteiger partial charge in [-0.05, 0) is 18.6 Å². The molecular weight excluding hydrogens is 330 g/mol. The Morgan fingerprint density at radius 2 is 2.00 bits per heavy atom. The van der Waals surface area contributed by atoms with Crippen LogP contribution in [0.1, 0.15) is 21.6 Å². The van der Waals surface area contributed by atoms with Gasteiger partial charge in [-0.3, -0.25) is 5.32 Å². The van der Waals surface area contributed by atoms with E-state index in [0.29, 0.717) is 10.4 Å². The van der Waals surface area contributed by atoms with Gasteiger partial charge in [0.1, 0.15) is 6.61 Å². The summed E-state index contributed by atoms with van der Waals surface area (Å²) in [5, 5.41) is 12.0. The average molecular weight is 343 g/mol. The van der Waals surface area contributed by atoms with Crippen molar-refractivity contribution in [2.45, 2.75) is 13.5 Å². The second-order valence-corrected chi connectivity index (χ2v) is 5.97. The fourth-order valence-electron chi connectivity index (χ4n) is 2.10. The van der Waals surface area contributed by atoms with E-state index in [1.807, 2.05) is 30.3 Å². The van der Waals surface area contributed by atoms with E-state index < -0.39 is 12.1 Å². The number of aryl methyl sites for hydroxylation is 1. The molecule has 0 saturated carbocycles. The lowest BCUT2D eigenvalue weighted by Crippen LogP contribution is -2.13. The molecule has 1 aromatic carbocycles. The number of rotatable bonds is 4. The highest BCUT2D eigenvalue weighted by Crippen LogP contribution is 2.28. The lowest BCUT2D eigenvalue weighted by atomic mass is 10.2. The molecule has 24 heavy (non-hydrogen) atoms. The third-order valence-corrected chi connectivity index (χ3v) is 4.13. The predicted molar refractivity (Wildman–Crippen MR) is 89.4 cm³/mol. The largest absolute Gasteiger partial charge is 0.478 e. The summed E-state index contributed by atoms with van der Waals surface area (Å²) in [6.07, 6.45) is -0.661. The first-order valence-corrected chi connectivity index (χ1v) is 7.84. The van der Waals surface area contributed by atoms with Gasteiger partial charge in [0.25, 0.3) is 0 Å². The van der Waals surface area contributed by atoms with Crippen LogP contribution in [0.2, 0.25) is 0 Å². The molecule has 0 saturated heterocycles. The molecule has 122 valence electrons. The highest BCUT2D eigenvalue weighted by Gasteiger charge is 2.16. The molecule has 0 radical (unpaired) electrons. The molecule has 0 aliphatic heterocycles. The van der Waals surface area contributed by atoms with Crippen LogP contribution in [0.4, 0.5) is 9.93 Å². The van der Waals surface area contributed by atoms with E-state index in [1.54, 1.807) is 6.92 Å². The molecule has 7 nitrogen and oxygen atoms in total. The molecule has 2 N–H and O–H groups in total. The molecule has 0 aliphatic carbocycles. The molecule has 2 heterocycles. The number of carboxylic acid groups (broad SMARTS) is 1. The Morgan fingerprint density at radius 1 is 1.25 bits per heavy atom. The summed E-state index contributed by atoms with van der Waals surface area (Å²) in [4.78, 5) is 31.5. The number of ether oxygens (including phenoxy) is 1. The number of thiazole rings is 1. The molecular formula is C16H13N3O4S. The molecule has 0 spiro atoms. The van der Waals surface area contributed by atoms with Gasteiger partial charge < -0.3 is 9.84 Å². The molecule has 0 aliphatic rings. The number of aromatic carboxylic acids is 1. The predicted octanol–water partition coefficient (Wildman–Crippen LogP) is 3.45. The molecule has 0 unspecified atom stereocenters. The van der Waals surface area contributed by atoms with Crippen molar-refractivity contribution < 1.29 is 19.4 Å². The maximum Gasteiger partial charge on any atom is 0.413 e. The third-order valence-electron chi connectivity index (χ3n) is 3.14. The van der Waals surface area contributed by atoms with Gasteiger partial charge in [0, 0.05) is 5.69 Å². The normalized spacial score (nSPS) is 10.5. The van der Waals surface area contributed by atoms with Crippen molar-refractivity contribution in [3.8, 4) is 0 Å². The fourth-order valence-corrected chi connectivity index (χ4v) is 2.99. The van der Waals surface area contributed by atoms with Crippen LogP contribution in [-0.2, 0) is 11.3 Å². The summed E-state index contributed by atoms with van der Waals surface area (Å²) in [6.45, 7) is 1.82. The lowest BCUT2D eigenvalue weighted by molar-refractivity contribution is 0.0699. The minimum absolute atomic E-state index is 0.112. The monoisotopic (exact) mass is 343 g/mol. The van der Waals surface area contributed by atoms with Gasteiger partial charge in [0.05, 0.1) is 10.3 Å². The fraction of sp³-hybridized carbons (Fsp3) is 0.125. The van der Waals surface area contributed by atoms with Gasteiger partial charge in [-0.2, -0.15) is 4.98 Å². The van der Waals surface area contributed by atoms with Gasteiger partial charge in [0.2, 0.25) is 0 Å². The zero-order valence-electron chi connectivity index (χ0n) is 12.6. The van der Waals surface area contributed by atoms with Gasteiger partial charge >= 0.3 is 12.1 Å².